The highest BCUT2D eigenvalue weighted by Gasteiger charge is 2.51. The number of carbonyl (C=O) groups is 2. The number of nitrogens with one attached hydrogen (secondary N) is 1. The molecule has 0 bridgehead atoms. The number of carbonyl (C=O) groups excluding carboxylic acids is 2. The topological polar surface area (TPSA) is 141 Å². The molecule has 4 N–H and O–H groups in total. The summed E-state index contributed by atoms with van der Waals surface area (Å²) in [4.78, 5) is 30.9. The molecule has 2 aromatic rings. The Morgan fingerprint density at radius 1 is 1.13 bits per heavy atom. The minimum Gasteiger partial charge on any atom is -0.493 e. The number of nitrogens with zero attached hydrogens (tertiary/aromatic N) is 2. The Hall–Kier alpha value is -3.69. The first kappa shape index (κ1) is 32.7. The maximum absolute atomic E-state index is 14.0. The Bertz CT molecular complexity index is 1410. The zero-order chi connectivity index (χ0) is 32.3. The maximum atomic E-state index is 14.0. The van der Waals surface area contributed by atoms with Crippen molar-refractivity contribution in [2.75, 3.05) is 59.7 Å². The lowest BCUT2D eigenvalue weighted by atomic mass is 9.77. The highest BCUT2D eigenvalue weighted by atomic mass is 19.4. The van der Waals surface area contributed by atoms with Crippen molar-refractivity contribution in [3.05, 3.63) is 70.3 Å². The number of ether oxygens (including phenoxy) is 3. The van der Waals surface area contributed by atoms with Crippen LogP contribution in [-0.4, -0.2) is 115 Å². The molecular weight excluding hydrogens is 599 g/mol. The maximum Gasteiger partial charge on any atom is 0.416 e. The molecule has 1 saturated heterocycles. The van der Waals surface area contributed by atoms with Gasteiger partial charge < -0.3 is 39.7 Å². The molecule has 5 rings (SSSR count). The highest BCUT2D eigenvalue weighted by Crippen LogP contribution is 2.51. The van der Waals surface area contributed by atoms with Crippen LogP contribution in [0.15, 0.2) is 48.0 Å². The van der Waals surface area contributed by atoms with Gasteiger partial charge in [-0.1, -0.05) is 0 Å². The quantitative estimate of drug-likeness (QED) is 0.304. The second kappa shape index (κ2) is 13.7. The van der Waals surface area contributed by atoms with Crippen molar-refractivity contribution >= 4 is 11.8 Å². The Morgan fingerprint density at radius 2 is 1.84 bits per heavy atom. The molecule has 244 valence electrons. The summed E-state index contributed by atoms with van der Waals surface area (Å²) < 4.78 is 56.9. The van der Waals surface area contributed by atoms with E-state index in [2.05, 4.69) is 10.2 Å². The fourth-order valence-corrected chi connectivity index (χ4v) is 6.05. The van der Waals surface area contributed by atoms with Crippen molar-refractivity contribution in [2.24, 2.45) is 0 Å². The Labute approximate surface area is 257 Å². The number of hydrogen-bond acceptors (Lipinski definition) is 9. The molecule has 1 fully saturated rings. The zero-order valence-corrected chi connectivity index (χ0v) is 24.6. The Balaban J connectivity index is 1.56. The van der Waals surface area contributed by atoms with Gasteiger partial charge in [0, 0.05) is 49.4 Å². The number of hydrogen-bond donors (Lipinski definition) is 4. The number of fused-ring (bicyclic) bond motifs is 3. The van der Waals surface area contributed by atoms with Gasteiger partial charge in [0.05, 0.1) is 51.1 Å². The predicted molar refractivity (Wildman–Crippen MR) is 154 cm³/mol. The van der Waals surface area contributed by atoms with Gasteiger partial charge in [0.2, 0.25) is 5.91 Å². The number of methoxy groups -OCH3 is 1. The Kier molecular flexibility index (Phi) is 9.99. The molecule has 14 heteroatoms. The van der Waals surface area contributed by atoms with Crippen LogP contribution < -0.4 is 14.8 Å². The lowest BCUT2D eigenvalue weighted by molar-refractivity contribution is -0.137. The van der Waals surface area contributed by atoms with E-state index in [0.29, 0.717) is 44.0 Å². The third-order valence-corrected chi connectivity index (χ3v) is 8.34. The van der Waals surface area contributed by atoms with Crippen LogP contribution in [0.1, 0.15) is 33.0 Å². The first-order valence-corrected chi connectivity index (χ1v) is 14.6. The van der Waals surface area contributed by atoms with Gasteiger partial charge in [-0.25, -0.2) is 0 Å². The summed E-state index contributed by atoms with van der Waals surface area (Å²) in [6, 6.07) is 5.96. The molecule has 1 aliphatic carbocycles. The molecule has 2 aromatic carbocycles. The van der Waals surface area contributed by atoms with Gasteiger partial charge in [-0.2, -0.15) is 13.2 Å². The standard InChI is InChI=1S/C31H36F3N3O8/c1-43-24-15-18(17-39)14-21-25-22(29(41)35-6-11-38)16-23(26(40)28(25)45-27(21)24)37(8-7-36-9-12-44-13-10-36)30(42)19-2-4-20(5-3-19)31(32,33)34/h2-5,14-16,23,25-26,28,38-40H,6-13,17H2,1H3,(H,35,41). The third-order valence-electron chi connectivity index (χ3n) is 8.34. The van der Waals surface area contributed by atoms with Crippen LogP contribution in [0, 0.1) is 0 Å². The van der Waals surface area contributed by atoms with Crippen LogP contribution in [0.5, 0.6) is 11.5 Å². The number of amides is 2. The average molecular weight is 636 g/mol. The summed E-state index contributed by atoms with van der Waals surface area (Å²) in [5.41, 5.74) is 0.224. The average Bonchev–Trinajstić information content (AvgIpc) is 3.44. The van der Waals surface area contributed by atoms with Gasteiger partial charge in [0.1, 0.15) is 12.2 Å². The molecule has 2 aliphatic heterocycles. The molecule has 0 spiro atoms. The van der Waals surface area contributed by atoms with Gasteiger partial charge in [0.25, 0.3) is 5.91 Å². The van der Waals surface area contributed by atoms with E-state index in [1.165, 1.54) is 18.1 Å². The van der Waals surface area contributed by atoms with Crippen LogP contribution in [-0.2, 0) is 22.3 Å². The van der Waals surface area contributed by atoms with E-state index in [9.17, 15) is 38.1 Å². The SMILES string of the molecule is COc1cc(CO)cc2c1OC1C2C(C(=O)NCCO)=CC(N(CCN2CCOCC2)C(=O)c2ccc(C(F)(F)F)cc2)C1O. The van der Waals surface area contributed by atoms with Crippen LogP contribution in [0.4, 0.5) is 13.2 Å². The first-order chi connectivity index (χ1) is 21.6. The minimum atomic E-state index is -4.59. The molecule has 0 saturated carbocycles. The smallest absolute Gasteiger partial charge is 0.416 e. The van der Waals surface area contributed by atoms with E-state index in [4.69, 9.17) is 14.2 Å². The fourth-order valence-electron chi connectivity index (χ4n) is 6.05. The van der Waals surface area contributed by atoms with Crippen LogP contribution in [0.3, 0.4) is 0 Å². The van der Waals surface area contributed by atoms with Crippen LogP contribution in [0.25, 0.3) is 0 Å². The van der Waals surface area contributed by atoms with Crippen molar-refractivity contribution in [3.63, 3.8) is 0 Å². The van der Waals surface area contributed by atoms with Crippen LogP contribution >= 0.6 is 0 Å². The number of morpholine rings is 1. The largest absolute Gasteiger partial charge is 0.493 e. The second-order valence-electron chi connectivity index (χ2n) is 11.0. The molecule has 0 aromatic heterocycles. The molecule has 45 heavy (non-hydrogen) atoms. The van der Waals surface area contributed by atoms with Gasteiger partial charge >= 0.3 is 6.18 Å². The number of alkyl halides is 3. The van der Waals surface area contributed by atoms with Crippen molar-refractivity contribution in [3.8, 4) is 11.5 Å². The summed E-state index contributed by atoms with van der Waals surface area (Å²) in [6.07, 6.45) is -5.53. The minimum absolute atomic E-state index is 0.0242. The summed E-state index contributed by atoms with van der Waals surface area (Å²) in [7, 11) is 1.42. The second-order valence-corrected chi connectivity index (χ2v) is 11.0. The van der Waals surface area contributed by atoms with Crippen molar-refractivity contribution in [2.45, 2.75) is 37.0 Å². The number of aliphatic hydroxyl groups excluding tert-OH is 3. The van der Waals surface area contributed by atoms with E-state index in [1.54, 1.807) is 12.1 Å². The fraction of sp³-hybridized carbons (Fsp3) is 0.484. The molecule has 11 nitrogen and oxygen atoms in total. The molecular formula is C31H36F3N3O8. The van der Waals surface area contributed by atoms with Gasteiger partial charge in [-0.15, -0.1) is 0 Å². The predicted octanol–water partition coefficient (Wildman–Crippen LogP) is 1.30. The highest BCUT2D eigenvalue weighted by molar-refractivity contribution is 5.97. The molecule has 2 heterocycles. The number of benzene rings is 2. The van der Waals surface area contributed by atoms with Gasteiger partial charge in [0.15, 0.2) is 11.5 Å². The van der Waals surface area contributed by atoms with E-state index < -0.39 is 47.7 Å². The van der Waals surface area contributed by atoms with Crippen LogP contribution in [0.2, 0.25) is 0 Å². The first-order valence-electron chi connectivity index (χ1n) is 14.6. The van der Waals surface area contributed by atoms with Crippen molar-refractivity contribution in [1.29, 1.82) is 0 Å². The zero-order valence-electron chi connectivity index (χ0n) is 24.6. The van der Waals surface area contributed by atoms with E-state index >= 15 is 0 Å². The molecule has 4 unspecified atom stereocenters. The van der Waals surface area contributed by atoms with Gasteiger partial charge in [-0.05, 0) is 48.0 Å². The summed E-state index contributed by atoms with van der Waals surface area (Å²) in [5, 5.41) is 33.7. The third kappa shape index (κ3) is 6.79. The molecule has 4 atom stereocenters. The number of aliphatic hydroxyl groups is 3. The number of rotatable bonds is 10. The molecule has 3 aliphatic rings. The molecule has 2 amide bonds. The van der Waals surface area contributed by atoms with Gasteiger partial charge in [-0.3, -0.25) is 14.5 Å². The van der Waals surface area contributed by atoms with E-state index in [0.717, 1.165) is 24.3 Å². The van der Waals surface area contributed by atoms with E-state index in [-0.39, 0.29) is 48.9 Å². The monoisotopic (exact) mass is 635 g/mol. The normalized spacial score (nSPS) is 23.0. The molecule has 0 radical (unpaired) electrons. The lowest BCUT2D eigenvalue weighted by Crippen LogP contribution is -2.57. The summed E-state index contributed by atoms with van der Waals surface area (Å²) in [5.74, 6) is -1.45. The van der Waals surface area contributed by atoms with Crippen molar-refractivity contribution in [1.82, 2.24) is 15.1 Å². The number of halogens is 3. The van der Waals surface area contributed by atoms with E-state index in [1.807, 2.05) is 0 Å². The summed E-state index contributed by atoms with van der Waals surface area (Å²) in [6.45, 7) is 1.97. The summed E-state index contributed by atoms with van der Waals surface area (Å²) >= 11 is 0. The van der Waals surface area contributed by atoms with Crippen molar-refractivity contribution < 1.29 is 52.3 Å². The Morgan fingerprint density at radius 3 is 2.47 bits per heavy atom. The lowest BCUT2D eigenvalue weighted by Gasteiger charge is -2.41.